The third kappa shape index (κ3) is 3.85. The molecule has 4 aromatic heterocycles. The van der Waals surface area contributed by atoms with E-state index < -0.39 is 0 Å². The highest BCUT2D eigenvalue weighted by Gasteiger charge is 2.31. The normalized spacial score (nSPS) is 18.2. The number of imidazole rings is 1. The number of hydrogen-bond donors (Lipinski definition) is 1. The molecule has 0 atom stereocenters. The number of benzene rings is 1. The predicted octanol–water partition coefficient (Wildman–Crippen LogP) is 5.82. The van der Waals surface area contributed by atoms with Crippen LogP contribution in [0.25, 0.3) is 27.9 Å². The maximum atomic E-state index is 13.0. The number of nitrogens with two attached hydrogens (primary N) is 1. The number of para-hydroxylation sites is 1. The molecule has 0 aliphatic heterocycles. The maximum Gasteiger partial charge on any atom is 0.159 e. The zero-order valence-corrected chi connectivity index (χ0v) is 20.6. The third-order valence-electron chi connectivity index (χ3n) is 7.57. The topological polar surface area (TPSA) is 99.3 Å². The number of ketones is 1. The van der Waals surface area contributed by atoms with E-state index in [4.69, 9.17) is 15.1 Å². The second kappa shape index (κ2) is 8.90. The molecule has 36 heavy (non-hydrogen) atoms. The van der Waals surface area contributed by atoms with Gasteiger partial charge in [0, 0.05) is 53.5 Å². The lowest BCUT2D eigenvalue weighted by atomic mass is 9.78. The van der Waals surface area contributed by atoms with Gasteiger partial charge in [0.15, 0.2) is 5.76 Å². The van der Waals surface area contributed by atoms with Gasteiger partial charge in [-0.05, 0) is 57.2 Å². The zero-order valence-electron chi connectivity index (χ0n) is 20.6. The third-order valence-corrected chi connectivity index (χ3v) is 7.57. The standard InChI is InChI=1S/C29H29N5O2/c1-17-7-8-19(16-32-17)15-23(35)20-9-11-21(12-10-20)29-33-25(26-28(30)31-13-14-34(26)29)27-18(2)22-5-3-4-6-24(22)36-27/h3-8,13-14,16,20-21H,9-12,15H2,1-2H3,(H2,30,31). The number of Topliss-reactive ketones (excluding diaryl/α,β-unsaturated/α-hetero) is 1. The lowest BCUT2D eigenvalue weighted by Gasteiger charge is -2.27. The monoisotopic (exact) mass is 479 g/mol. The summed E-state index contributed by atoms with van der Waals surface area (Å²) in [6, 6.07) is 12.0. The van der Waals surface area contributed by atoms with Crippen molar-refractivity contribution in [3.05, 3.63) is 77.6 Å². The number of nitrogens with zero attached hydrogens (tertiary/aromatic N) is 4. The van der Waals surface area contributed by atoms with Gasteiger partial charge in [-0.25, -0.2) is 9.97 Å². The number of furan rings is 1. The Balaban J connectivity index is 1.28. The van der Waals surface area contributed by atoms with Crippen molar-refractivity contribution >= 4 is 28.1 Å². The van der Waals surface area contributed by atoms with Gasteiger partial charge in [0.1, 0.15) is 34.2 Å². The summed E-state index contributed by atoms with van der Waals surface area (Å²) in [5.74, 6) is 2.75. The van der Waals surface area contributed by atoms with Crippen LogP contribution in [0.2, 0.25) is 0 Å². The lowest BCUT2D eigenvalue weighted by Crippen LogP contribution is -2.23. The molecule has 0 bridgehead atoms. The van der Waals surface area contributed by atoms with E-state index in [1.807, 2.05) is 49.6 Å². The summed E-state index contributed by atoms with van der Waals surface area (Å²) in [5, 5.41) is 1.07. The summed E-state index contributed by atoms with van der Waals surface area (Å²) < 4.78 is 8.32. The molecule has 4 heterocycles. The van der Waals surface area contributed by atoms with E-state index in [2.05, 4.69) is 27.4 Å². The molecule has 1 aromatic carbocycles. The van der Waals surface area contributed by atoms with Crippen LogP contribution >= 0.6 is 0 Å². The van der Waals surface area contributed by atoms with Gasteiger partial charge in [0.25, 0.3) is 0 Å². The van der Waals surface area contributed by atoms with Gasteiger partial charge in [0.05, 0.1) is 0 Å². The largest absolute Gasteiger partial charge is 0.454 e. The van der Waals surface area contributed by atoms with Crippen LogP contribution in [0, 0.1) is 19.8 Å². The molecule has 0 amide bonds. The van der Waals surface area contributed by atoms with E-state index in [9.17, 15) is 4.79 Å². The van der Waals surface area contributed by atoms with Crippen LogP contribution < -0.4 is 5.73 Å². The fourth-order valence-corrected chi connectivity index (χ4v) is 5.56. The van der Waals surface area contributed by atoms with Crippen LogP contribution in [-0.2, 0) is 11.2 Å². The minimum atomic E-state index is 0.0811. The molecule has 0 radical (unpaired) electrons. The molecule has 1 fully saturated rings. The minimum Gasteiger partial charge on any atom is -0.454 e. The van der Waals surface area contributed by atoms with Gasteiger partial charge in [0.2, 0.25) is 0 Å². The molecule has 7 nitrogen and oxygen atoms in total. The maximum absolute atomic E-state index is 13.0. The van der Waals surface area contributed by atoms with E-state index in [1.54, 1.807) is 6.20 Å². The Kier molecular flexibility index (Phi) is 5.55. The van der Waals surface area contributed by atoms with Gasteiger partial charge in [-0.1, -0.05) is 24.3 Å². The van der Waals surface area contributed by atoms with E-state index in [0.29, 0.717) is 18.0 Å². The summed E-state index contributed by atoms with van der Waals surface area (Å²) >= 11 is 0. The molecule has 1 aliphatic rings. The van der Waals surface area contributed by atoms with Gasteiger partial charge < -0.3 is 10.2 Å². The van der Waals surface area contributed by atoms with Crippen molar-refractivity contribution in [2.45, 2.75) is 51.9 Å². The molecular weight excluding hydrogens is 450 g/mol. The summed E-state index contributed by atoms with van der Waals surface area (Å²) in [4.78, 5) is 26.7. The quantitative estimate of drug-likeness (QED) is 0.341. The molecule has 0 spiro atoms. The molecule has 6 rings (SSSR count). The van der Waals surface area contributed by atoms with Crippen molar-refractivity contribution in [2.24, 2.45) is 5.92 Å². The fraction of sp³-hybridized carbons (Fsp3) is 0.310. The second-order valence-electron chi connectivity index (χ2n) is 9.90. The summed E-state index contributed by atoms with van der Waals surface area (Å²) in [6.07, 6.45) is 9.44. The minimum absolute atomic E-state index is 0.0811. The predicted molar refractivity (Wildman–Crippen MR) is 140 cm³/mol. The Morgan fingerprint density at radius 1 is 1.08 bits per heavy atom. The first-order valence-corrected chi connectivity index (χ1v) is 12.5. The van der Waals surface area contributed by atoms with Crippen molar-refractivity contribution in [3.8, 4) is 11.5 Å². The van der Waals surface area contributed by atoms with E-state index in [0.717, 1.165) is 76.3 Å². The molecule has 1 aliphatic carbocycles. The first-order chi connectivity index (χ1) is 17.5. The van der Waals surface area contributed by atoms with Crippen molar-refractivity contribution < 1.29 is 9.21 Å². The van der Waals surface area contributed by atoms with Crippen LogP contribution in [0.15, 0.2) is 59.4 Å². The van der Waals surface area contributed by atoms with Gasteiger partial charge in [-0.3, -0.25) is 14.2 Å². The number of carbonyl (C=O) groups is 1. The Labute approximate surface area is 209 Å². The number of nitrogen functional groups attached to an aromatic ring is 1. The van der Waals surface area contributed by atoms with Crippen molar-refractivity contribution in [2.75, 3.05) is 5.73 Å². The molecule has 2 N–H and O–H groups in total. The first kappa shape index (κ1) is 22.5. The van der Waals surface area contributed by atoms with E-state index >= 15 is 0 Å². The zero-order chi connectivity index (χ0) is 24.8. The van der Waals surface area contributed by atoms with E-state index in [-0.39, 0.29) is 11.8 Å². The average molecular weight is 480 g/mol. The molecule has 0 saturated heterocycles. The summed E-state index contributed by atoms with van der Waals surface area (Å²) in [6.45, 7) is 4.01. The van der Waals surface area contributed by atoms with Crippen LogP contribution in [0.1, 0.15) is 54.2 Å². The Morgan fingerprint density at radius 2 is 1.89 bits per heavy atom. The average Bonchev–Trinajstić information content (AvgIpc) is 3.44. The lowest BCUT2D eigenvalue weighted by molar-refractivity contribution is -0.123. The number of aromatic nitrogens is 4. The summed E-state index contributed by atoms with van der Waals surface area (Å²) in [7, 11) is 0. The number of pyridine rings is 1. The van der Waals surface area contributed by atoms with Crippen molar-refractivity contribution in [3.63, 3.8) is 0 Å². The van der Waals surface area contributed by atoms with E-state index in [1.165, 1.54) is 0 Å². The van der Waals surface area contributed by atoms with Crippen molar-refractivity contribution in [1.29, 1.82) is 0 Å². The number of fused-ring (bicyclic) bond motifs is 2. The SMILES string of the molecule is Cc1ccc(CC(=O)C2CCC(c3nc(-c4oc5ccccc5c4C)c4c(N)nccn34)CC2)cn1. The highest BCUT2D eigenvalue weighted by Crippen LogP contribution is 2.41. The molecule has 5 aromatic rings. The van der Waals surface area contributed by atoms with Gasteiger partial charge in [-0.2, -0.15) is 0 Å². The van der Waals surface area contributed by atoms with Gasteiger partial charge in [-0.15, -0.1) is 0 Å². The Morgan fingerprint density at radius 3 is 2.64 bits per heavy atom. The highest BCUT2D eigenvalue weighted by molar-refractivity contribution is 5.92. The number of aryl methyl sites for hydroxylation is 2. The second-order valence-corrected chi connectivity index (χ2v) is 9.90. The molecule has 1 saturated carbocycles. The Hall–Kier alpha value is -4.00. The molecular formula is C29H29N5O2. The Bertz CT molecular complexity index is 1570. The fourth-order valence-electron chi connectivity index (χ4n) is 5.56. The number of anilines is 1. The van der Waals surface area contributed by atoms with Crippen LogP contribution in [0.5, 0.6) is 0 Å². The van der Waals surface area contributed by atoms with Gasteiger partial charge >= 0.3 is 0 Å². The van der Waals surface area contributed by atoms with Crippen LogP contribution in [-0.4, -0.2) is 25.1 Å². The van der Waals surface area contributed by atoms with Crippen LogP contribution in [0.3, 0.4) is 0 Å². The molecule has 0 unspecified atom stereocenters. The van der Waals surface area contributed by atoms with Crippen molar-refractivity contribution in [1.82, 2.24) is 19.4 Å². The summed E-state index contributed by atoms with van der Waals surface area (Å²) in [5.41, 5.74) is 11.7. The number of carbonyl (C=O) groups excluding carboxylic acids is 1. The number of rotatable bonds is 5. The number of hydrogen-bond acceptors (Lipinski definition) is 6. The molecule has 182 valence electrons. The van der Waals surface area contributed by atoms with Crippen LogP contribution in [0.4, 0.5) is 5.82 Å². The molecule has 7 heteroatoms. The smallest absolute Gasteiger partial charge is 0.159 e. The highest BCUT2D eigenvalue weighted by atomic mass is 16.3. The first-order valence-electron chi connectivity index (χ1n) is 12.5.